The number of aryl methyl sites for hydroxylation is 1. The molecule has 12 heteroatoms. The second kappa shape index (κ2) is 11.7. The molecule has 2 aromatic heterocycles. The molecule has 0 aliphatic rings. The van der Waals surface area contributed by atoms with Crippen LogP contribution in [0.3, 0.4) is 0 Å². The number of aromatic nitrogens is 4. The van der Waals surface area contributed by atoms with Gasteiger partial charge in [0, 0.05) is 16.6 Å². The van der Waals surface area contributed by atoms with Crippen LogP contribution < -0.4 is 5.32 Å². The van der Waals surface area contributed by atoms with Crippen LogP contribution in [-0.4, -0.2) is 31.6 Å². The van der Waals surface area contributed by atoms with Crippen molar-refractivity contribution < 1.29 is 27.5 Å². The number of carbonyl (C=O) groups is 2. The average molecular weight is 578 g/mol. The zero-order chi connectivity index (χ0) is 29.0. The average Bonchev–Trinajstić information content (AvgIpc) is 3.61. The monoisotopic (exact) mass is 577 g/mol. The second-order valence-corrected chi connectivity index (χ2v) is 9.88. The Labute approximate surface area is 236 Å². The number of alkyl halides is 3. The minimum Gasteiger partial charge on any atom is -0.453 e. The number of amides is 1. The van der Waals surface area contributed by atoms with E-state index in [4.69, 9.17) is 4.74 Å². The molecule has 0 fully saturated rings. The number of thiazole rings is 1. The maximum atomic E-state index is 13.3. The van der Waals surface area contributed by atoms with E-state index in [1.807, 2.05) is 31.2 Å². The van der Waals surface area contributed by atoms with Crippen LogP contribution >= 0.6 is 11.3 Å². The van der Waals surface area contributed by atoms with Gasteiger partial charge in [-0.1, -0.05) is 54.6 Å². The van der Waals surface area contributed by atoms with Gasteiger partial charge in [0.05, 0.1) is 23.4 Å². The van der Waals surface area contributed by atoms with Crippen LogP contribution in [-0.2, 0) is 28.7 Å². The lowest BCUT2D eigenvalue weighted by molar-refractivity contribution is -0.137. The van der Waals surface area contributed by atoms with Gasteiger partial charge in [0.2, 0.25) is 5.91 Å². The van der Waals surface area contributed by atoms with E-state index in [1.165, 1.54) is 28.2 Å². The van der Waals surface area contributed by atoms with Gasteiger partial charge >= 0.3 is 12.1 Å². The number of hydrogen-bond donors (Lipinski definition) is 1. The first-order valence-corrected chi connectivity index (χ1v) is 13.2. The quantitative estimate of drug-likeness (QED) is 0.219. The molecule has 0 bridgehead atoms. The molecule has 5 aromatic rings. The lowest BCUT2D eigenvalue weighted by atomic mass is 10.2. The number of halogens is 3. The number of benzene rings is 3. The number of esters is 1. The van der Waals surface area contributed by atoms with Crippen molar-refractivity contribution in [1.29, 1.82) is 0 Å². The Kier molecular flexibility index (Phi) is 7.92. The van der Waals surface area contributed by atoms with Gasteiger partial charge in [-0.15, -0.1) is 16.4 Å². The van der Waals surface area contributed by atoms with Crippen molar-refractivity contribution in [3.05, 3.63) is 112 Å². The van der Waals surface area contributed by atoms with E-state index in [0.717, 1.165) is 23.4 Å². The Morgan fingerprint density at radius 2 is 1.73 bits per heavy atom. The topological polar surface area (TPSA) is 99.0 Å². The Bertz CT molecular complexity index is 1700. The molecule has 1 N–H and O–H groups in total. The molecule has 208 valence electrons. The third-order valence-corrected chi connectivity index (χ3v) is 6.82. The third-order valence-electron chi connectivity index (χ3n) is 5.92. The lowest BCUT2D eigenvalue weighted by Gasteiger charge is -2.10. The molecule has 0 aliphatic carbocycles. The molecule has 0 saturated carbocycles. The first-order chi connectivity index (χ1) is 19.7. The van der Waals surface area contributed by atoms with Crippen molar-refractivity contribution in [1.82, 2.24) is 19.7 Å². The Morgan fingerprint density at radius 3 is 2.49 bits per heavy atom. The van der Waals surface area contributed by atoms with Crippen LogP contribution in [0.2, 0.25) is 0 Å². The van der Waals surface area contributed by atoms with Crippen molar-refractivity contribution in [2.24, 2.45) is 0 Å². The molecule has 0 unspecified atom stereocenters. The fourth-order valence-electron chi connectivity index (χ4n) is 3.91. The summed E-state index contributed by atoms with van der Waals surface area (Å²) in [6.07, 6.45) is -4.50. The van der Waals surface area contributed by atoms with Gasteiger partial charge < -0.3 is 10.1 Å². The summed E-state index contributed by atoms with van der Waals surface area (Å²) in [6.45, 7) is 1.69. The van der Waals surface area contributed by atoms with E-state index in [0.29, 0.717) is 16.3 Å². The number of ether oxygens (including phenoxy) is 1. The van der Waals surface area contributed by atoms with Gasteiger partial charge in [0.15, 0.2) is 5.82 Å². The highest BCUT2D eigenvalue weighted by atomic mass is 32.1. The fourth-order valence-corrected chi connectivity index (χ4v) is 4.69. The van der Waals surface area contributed by atoms with Gasteiger partial charge in [-0.05, 0) is 36.8 Å². The highest BCUT2D eigenvalue weighted by Gasteiger charge is 2.31. The summed E-state index contributed by atoms with van der Waals surface area (Å²) < 4.78 is 46.5. The predicted molar refractivity (Wildman–Crippen MR) is 147 cm³/mol. The molecule has 5 rings (SSSR count). The van der Waals surface area contributed by atoms with Crippen LogP contribution in [0, 0.1) is 6.92 Å². The number of carbonyl (C=O) groups excluding carboxylic acids is 2. The molecule has 0 radical (unpaired) electrons. The van der Waals surface area contributed by atoms with E-state index in [9.17, 15) is 22.8 Å². The summed E-state index contributed by atoms with van der Waals surface area (Å²) in [6, 6.07) is 20.7. The number of para-hydroxylation sites is 1. The van der Waals surface area contributed by atoms with E-state index >= 15 is 0 Å². The minimum absolute atomic E-state index is 0.0519. The zero-order valence-electron chi connectivity index (χ0n) is 21.6. The summed E-state index contributed by atoms with van der Waals surface area (Å²) in [5.41, 5.74) is 1.85. The second-order valence-electron chi connectivity index (χ2n) is 8.93. The summed E-state index contributed by atoms with van der Waals surface area (Å²) in [5.74, 6) is -1.25. The number of hydrogen-bond acceptors (Lipinski definition) is 7. The van der Waals surface area contributed by atoms with Crippen LogP contribution in [0.5, 0.6) is 0 Å². The largest absolute Gasteiger partial charge is 0.453 e. The summed E-state index contributed by atoms with van der Waals surface area (Å²) in [4.78, 5) is 33.9. The molecule has 0 aliphatic heterocycles. The van der Waals surface area contributed by atoms with Crippen LogP contribution in [0.15, 0.2) is 84.2 Å². The molecule has 41 heavy (non-hydrogen) atoms. The molecule has 1 amide bonds. The van der Waals surface area contributed by atoms with E-state index in [1.54, 1.807) is 35.7 Å². The minimum atomic E-state index is -4.56. The van der Waals surface area contributed by atoms with Crippen LogP contribution in [0.25, 0.3) is 17.1 Å². The first kappa shape index (κ1) is 27.7. The molecule has 0 atom stereocenters. The SMILES string of the molecule is Cc1ccccc1NC(=O)Cc1nc(COC(=O)c2nc(-c3ccccc3)n(-c3cccc(C(F)(F)F)c3)n2)cs1. The lowest BCUT2D eigenvalue weighted by Crippen LogP contribution is -2.15. The number of nitrogens with zero attached hydrogens (tertiary/aromatic N) is 4. The van der Waals surface area contributed by atoms with Crippen LogP contribution in [0.1, 0.15) is 32.4 Å². The summed E-state index contributed by atoms with van der Waals surface area (Å²) >= 11 is 1.25. The Hall–Kier alpha value is -4.84. The van der Waals surface area contributed by atoms with Crippen molar-refractivity contribution in [2.45, 2.75) is 26.1 Å². The molecular weight excluding hydrogens is 555 g/mol. The highest BCUT2D eigenvalue weighted by Crippen LogP contribution is 2.31. The zero-order valence-corrected chi connectivity index (χ0v) is 22.4. The van der Waals surface area contributed by atoms with Gasteiger partial charge in [-0.2, -0.15) is 13.2 Å². The molecular formula is C29H22F3N5O3S. The molecule has 8 nitrogen and oxygen atoms in total. The normalized spacial score (nSPS) is 11.3. The number of rotatable bonds is 8. The summed E-state index contributed by atoms with van der Waals surface area (Å²) in [7, 11) is 0. The van der Waals surface area contributed by atoms with E-state index in [2.05, 4.69) is 20.4 Å². The predicted octanol–water partition coefficient (Wildman–Crippen LogP) is 6.26. The Balaban J connectivity index is 1.30. The maximum Gasteiger partial charge on any atom is 0.416 e. The van der Waals surface area contributed by atoms with Crippen molar-refractivity contribution >= 4 is 28.9 Å². The number of anilines is 1. The van der Waals surface area contributed by atoms with E-state index < -0.39 is 17.7 Å². The molecule has 0 saturated heterocycles. The number of nitrogens with one attached hydrogen (secondary N) is 1. The maximum absolute atomic E-state index is 13.3. The van der Waals surface area contributed by atoms with Crippen molar-refractivity contribution in [2.75, 3.05) is 5.32 Å². The van der Waals surface area contributed by atoms with E-state index in [-0.39, 0.29) is 36.3 Å². The molecule has 0 spiro atoms. The van der Waals surface area contributed by atoms with Crippen LogP contribution in [0.4, 0.5) is 18.9 Å². The smallest absolute Gasteiger partial charge is 0.416 e. The first-order valence-electron chi connectivity index (χ1n) is 12.3. The van der Waals surface area contributed by atoms with Gasteiger partial charge in [0.1, 0.15) is 11.6 Å². The third kappa shape index (κ3) is 6.67. The van der Waals surface area contributed by atoms with Gasteiger partial charge in [-0.3, -0.25) is 4.79 Å². The van der Waals surface area contributed by atoms with Gasteiger partial charge in [-0.25, -0.2) is 19.4 Å². The highest BCUT2D eigenvalue weighted by molar-refractivity contribution is 7.09. The summed E-state index contributed by atoms with van der Waals surface area (Å²) in [5, 5.41) is 9.24. The molecule has 3 aromatic carbocycles. The Morgan fingerprint density at radius 1 is 0.976 bits per heavy atom. The van der Waals surface area contributed by atoms with Gasteiger partial charge in [0.25, 0.3) is 5.82 Å². The standard InChI is InChI=1S/C29H22F3N5O3S/c1-18-8-5-6-13-23(18)34-24(38)15-25-33-21(17-41-25)16-40-28(39)26-35-27(19-9-3-2-4-10-19)37(36-26)22-12-7-11-20(14-22)29(30,31)32/h2-14,17H,15-16H2,1H3,(H,34,38). The van der Waals surface area contributed by atoms with Crippen molar-refractivity contribution in [3.8, 4) is 17.1 Å². The fraction of sp³-hybridized carbons (Fsp3) is 0.138. The molecule has 2 heterocycles. The van der Waals surface area contributed by atoms with Crippen molar-refractivity contribution in [3.63, 3.8) is 0 Å².